The summed E-state index contributed by atoms with van der Waals surface area (Å²) in [6.07, 6.45) is 1.23. The Morgan fingerprint density at radius 1 is 1.19 bits per heavy atom. The minimum absolute atomic E-state index is 0.00482. The molecule has 1 aromatic rings. The molecule has 0 radical (unpaired) electrons. The van der Waals surface area contributed by atoms with Gasteiger partial charge in [0.15, 0.2) is 0 Å². The van der Waals surface area contributed by atoms with Crippen molar-refractivity contribution >= 4 is 11.9 Å². The van der Waals surface area contributed by atoms with E-state index in [0.717, 1.165) is 11.3 Å². The lowest BCUT2D eigenvalue weighted by molar-refractivity contribution is -0.143. The van der Waals surface area contributed by atoms with E-state index in [1.807, 2.05) is 24.3 Å². The minimum atomic E-state index is -0.276. The maximum atomic E-state index is 12.0. The number of esters is 1. The van der Waals surface area contributed by atoms with Gasteiger partial charge >= 0.3 is 5.97 Å². The number of methoxy groups -OCH3 is 1. The smallest absolute Gasteiger partial charge is 0.307 e. The van der Waals surface area contributed by atoms with Crippen molar-refractivity contribution in [3.63, 3.8) is 0 Å². The third-order valence-corrected chi connectivity index (χ3v) is 3.18. The number of carbonyl (C=O) groups excluding carboxylic acids is 2. The molecule has 1 rings (SSSR count). The van der Waals surface area contributed by atoms with Gasteiger partial charge in [0.1, 0.15) is 5.75 Å². The van der Waals surface area contributed by atoms with Crippen LogP contribution in [0.3, 0.4) is 0 Å². The van der Waals surface area contributed by atoms with Crippen LogP contribution < -0.4 is 4.74 Å². The zero-order valence-electron chi connectivity index (χ0n) is 12.9. The number of nitrogens with zero attached hydrogens (tertiary/aromatic N) is 1. The van der Waals surface area contributed by atoms with Crippen molar-refractivity contribution in [2.24, 2.45) is 0 Å². The molecule has 1 amide bonds. The molecule has 0 saturated carbocycles. The molecule has 0 N–H and O–H groups in total. The van der Waals surface area contributed by atoms with E-state index in [1.165, 1.54) is 0 Å². The first-order valence-electron chi connectivity index (χ1n) is 7.10. The molecule has 0 aliphatic carbocycles. The van der Waals surface area contributed by atoms with E-state index in [4.69, 9.17) is 9.47 Å². The zero-order chi connectivity index (χ0) is 15.7. The molecule has 21 heavy (non-hydrogen) atoms. The highest BCUT2D eigenvalue weighted by molar-refractivity contribution is 5.77. The normalized spacial score (nSPS) is 10.0. The van der Waals surface area contributed by atoms with Crippen molar-refractivity contribution < 1.29 is 19.1 Å². The number of rotatable bonds is 8. The second kappa shape index (κ2) is 9.00. The van der Waals surface area contributed by atoms with E-state index >= 15 is 0 Å². The molecule has 0 aromatic heterocycles. The number of para-hydroxylation sites is 1. The summed E-state index contributed by atoms with van der Waals surface area (Å²) in [6.45, 7) is 2.51. The number of hydrogen-bond donors (Lipinski definition) is 0. The van der Waals surface area contributed by atoms with Crippen LogP contribution in [-0.2, 0) is 20.7 Å². The Kier molecular flexibility index (Phi) is 7.29. The van der Waals surface area contributed by atoms with Crippen LogP contribution in [0.1, 0.15) is 25.3 Å². The predicted molar refractivity (Wildman–Crippen MR) is 80.2 cm³/mol. The van der Waals surface area contributed by atoms with Gasteiger partial charge in [-0.15, -0.1) is 0 Å². The molecule has 0 saturated heterocycles. The largest absolute Gasteiger partial charge is 0.496 e. The van der Waals surface area contributed by atoms with Gasteiger partial charge in [-0.1, -0.05) is 18.2 Å². The van der Waals surface area contributed by atoms with Gasteiger partial charge in [-0.2, -0.15) is 0 Å². The maximum absolute atomic E-state index is 12.0. The van der Waals surface area contributed by atoms with Gasteiger partial charge in [0.05, 0.1) is 20.1 Å². The molecule has 0 heterocycles. The van der Waals surface area contributed by atoms with Gasteiger partial charge in [0, 0.05) is 20.0 Å². The Hall–Kier alpha value is -2.04. The van der Waals surface area contributed by atoms with Crippen LogP contribution in [0.25, 0.3) is 0 Å². The number of ether oxygens (including phenoxy) is 2. The molecular weight excluding hydrogens is 270 g/mol. The first-order chi connectivity index (χ1) is 10.1. The molecule has 0 spiro atoms. The summed E-state index contributed by atoms with van der Waals surface area (Å²) >= 11 is 0. The lowest BCUT2D eigenvalue weighted by Crippen LogP contribution is -2.29. The lowest BCUT2D eigenvalue weighted by Gasteiger charge is -2.17. The monoisotopic (exact) mass is 293 g/mol. The predicted octanol–water partition coefficient (Wildman–Crippen LogP) is 2.04. The maximum Gasteiger partial charge on any atom is 0.307 e. The third-order valence-electron chi connectivity index (χ3n) is 3.18. The number of aryl methyl sites for hydroxylation is 1. The first kappa shape index (κ1) is 17.0. The Bertz CT molecular complexity index is 473. The summed E-state index contributed by atoms with van der Waals surface area (Å²) in [5.41, 5.74) is 1.01. The Morgan fingerprint density at radius 2 is 1.90 bits per heavy atom. The third kappa shape index (κ3) is 5.85. The van der Waals surface area contributed by atoms with Crippen molar-refractivity contribution in [1.82, 2.24) is 4.90 Å². The molecule has 0 unspecified atom stereocenters. The van der Waals surface area contributed by atoms with Crippen molar-refractivity contribution in [1.29, 1.82) is 0 Å². The van der Waals surface area contributed by atoms with Crippen LogP contribution in [0.5, 0.6) is 5.75 Å². The number of carbonyl (C=O) groups is 2. The molecule has 0 fully saturated rings. The fraction of sp³-hybridized carbons (Fsp3) is 0.500. The van der Waals surface area contributed by atoms with Crippen molar-refractivity contribution in [3.8, 4) is 5.75 Å². The Balaban J connectivity index is 2.40. The van der Waals surface area contributed by atoms with Crippen LogP contribution >= 0.6 is 0 Å². The fourth-order valence-electron chi connectivity index (χ4n) is 1.96. The fourth-order valence-corrected chi connectivity index (χ4v) is 1.96. The Labute approximate surface area is 125 Å². The van der Waals surface area contributed by atoms with Gasteiger partial charge in [0.25, 0.3) is 0 Å². The molecule has 0 atom stereocenters. The SMILES string of the molecule is CCOC(=O)CCN(C)C(=O)CCc1ccccc1OC. The van der Waals surface area contributed by atoms with E-state index in [1.54, 1.807) is 26.0 Å². The van der Waals surface area contributed by atoms with Crippen molar-refractivity contribution in [3.05, 3.63) is 29.8 Å². The lowest BCUT2D eigenvalue weighted by atomic mass is 10.1. The van der Waals surface area contributed by atoms with E-state index < -0.39 is 0 Å². The second-order valence-corrected chi connectivity index (χ2v) is 4.68. The van der Waals surface area contributed by atoms with Gasteiger partial charge < -0.3 is 14.4 Å². The average Bonchev–Trinajstić information content (AvgIpc) is 2.50. The molecule has 0 aliphatic heterocycles. The van der Waals surface area contributed by atoms with E-state index in [0.29, 0.717) is 26.0 Å². The summed E-state index contributed by atoms with van der Waals surface area (Å²) in [5, 5.41) is 0. The van der Waals surface area contributed by atoms with Gasteiger partial charge in [-0.3, -0.25) is 9.59 Å². The molecule has 5 heteroatoms. The van der Waals surface area contributed by atoms with E-state index in [2.05, 4.69) is 0 Å². The summed E-state index contributed by atoms with van der Waals surface area (Å²) in [7, 11) is 3.32. The quantitative estimate of drug-likeness (QED) is 0.688. The van der Waals surface area contributed by atoms with Crippen LogP contribution in [0.4, 0.5) is 0 Å². The topological polar surface area (TPSA) is 55.8 Å². The molecule has 5 nitrogen and oxygen atoms in total. The van der Waals surface area contributed by atoms with Crippen LogP contribution in [0, 0.1) is 0 Å². The molecule has 1 aromatic carbocycles. The summed E-state index contributed by atoms with van der Waals surface area (Å²) in [4.78, 5) is 24.8. The molecule has 0 aliphatic rings. The molecular formula is C16H23NO4. The van der Waals surface area contributed by atoms with Gasteiger partial charge in [-0.05, 0) is 25.0 Å². The standard InChI is InChI=1S/C16H23NO4/c1-4-21-16(19)11-12-17(2)15(18)10-9-13-7-5-6-8-14(13)20-3/h5-8H,4,9-12H2,1-3H3. The number of hydrogen-bond acceptors (Lipinski definition) is 4. The summed E-state index contributed by atoms with van der Waals surface area (Å²) < 4.78 is 10.1. The van der Waals surface area contributed by atoms with Crippen molar-refractivity contribution in [2.45, 2.75) is 26.2 Å². The zero-order valence-corrected chi connectivity index (χ0v) is 12.9. The van der Waals surface area contributed by atoms with E-state index in [9.17, 15) is 9.59 Å². The van der Waals surface area contributed by atoms with Gasteiger partial charge in [0.2, 0.25) is 5.91 Å². The number of benzene rings is 1. The molecule has 0 bridgehead atoms. The molecule has 116 valence electrons. The number of amides is 1. The Morgan fingerprint density at radius 3 is 2.57 bits per heavy atom. The van der Waals surface area contributed by atoms with Crippen LogP contribution in [0.2, 0.25) is 0 Å². The minimum Gasteiger partial charge on any atom is -0.496 e. The average molecular weight is 293 g/mol. The highest BCUT2D eigenvalue weighted by atomic mass is 16.5. The first-order valence-corrected chi connectivity index (χ1v) is 7.10. The highest BCUT2D eigenvalue weighted by Gasteiger charge is 2.12. The van der Waals surface area contributed by atoms with E-state index in [-0.39, 0.29) is 18.3 Å². The van der Waals surface area contributed by atoms with Gasteiger partial charge in [-0.25, -0.2) is 0 Å². The van der Waals surface area contributed by atoms with Crippen LogP contribution in [-0.4, -0.2) is 44.1 Å². The van der Waals surface area contributed by atoms with Crippen molar-refractivity contribution in [2.75, 3.05) is 27.3 Å². The summed E-state index contributed by atoms with van der Waals surface area (Å²) in [5.74, 6) is 0.520. The summed E-state index contributed by atoms with van der Waals surface area (Å²) in [6, 6.07) is 7.65. The second-order valence-electron chi connectivity index (χ2n) is 4.68. The highest BCUT2D eigenvalue weighted by Crippen LogP contribution is 2.19. The van der Waals surface area contributed by atoms with Crippen LogP contribution in [0.15, 0.2) is 24.3 Å².